The minimum Gasteiger partial charge on any atom is -0.335 e. The molecular formula is C17H22N4O. The summed E-state index contributed by atoms with van der Waals surface area (Å²) in [6, 6.07) is 11.9. The average molecular weight is 298 g/mol. The molecule has 0 saturated carbocycles. The maximum Gasteiger partial charge on any atom is 0.274 e. The van der Waals surface area contributed by atoms with E-state index in [1.807, 2.05) is 46.0 Å². The molecule has 5 nitrogen and oxygen atoms in total. The largest absolute Gasteiger partial charge is 0.335 e. The van der Waals surface area contributed by atoms with Crippen molar-refractivity contribution in [2.75, 3.05) is 26.2 Å². The molecule has 3 rings (SSSR count). The third-order valence-electron chi connectivity index (χ3n) is 3.95. The number of hydrogen-bond donors (Lipinski definition) is 1. The van der Waals surface area contributed by atoms with Crippen molar-refractivity contribution in [1.29, 1.82) is 0 Å². The van der Waals surface area contributed by atoms with Gasteiger partial charge in [0.25, 0.3) is 5.91 Å². The summed E-state index contributed by atoms with van der Waals surface area (Å²) in [7, 11) is 0. The van der Waals surface area contributed by atoms with Crippen LogP contribution in [0.3, 0.4) is 0 Å². The summed E-state index contributed by atoms with van der Waals surface area (Å²) in [4.78, 5) is 14.5. The molecule has 0 radical (unpaired) electrons. The van der Waals surface area contributed by atoms with Gasteiger partial charge in [-0.1, -0.05) is 32.0 Å². The summed E-state index contributed by atoms with van der Waals surface area (Å²) in [5, 5.41) is 7.84. The molecule has 1 aromatic carbocycles. The number of piperazine rings is 1. The van der Waals surface area contributed by atoms with Gasteiger partial charge in [0.15, 0.2) is 5.69 Å². The summed E-state index contributed by atoms with van der Waals surface area (Å²) in [5.41, 5.74) is 2.59. The number of nitrogens with zero attached hydrogens (tertiary/aromatic N) is 3. The average Bonchev–Trinajstić information content (AvgIpc) is 3.01. The molecule has 1 aliphatic rings. The van der Waals surface area contributed by atoms with E-state index in [0.717, 1.165) is 37.6 Å². The van der Waals surface area contributed by atoms with Crippen molar-refractivity contribution in [3.05, 3.63) is 47.8 Å². The summed E-state index contributed by atoms with van der Waals surface area (Å²) in [6.45, 7) is 7.43. The summed E-state index contributed by atoms with van der Waals surface area (Å²) >= 11 is 0. The highest BCUT2D eigenvalue weighted by atomic mass is 16.2. The number of carbonyl (C=O) groups excluding carboxylic acids is 1. The molecule has 0 atom stereocenters. The van der Waals surface area contributed by atoms with Gasteiger partial charge in [-0.3, -0.25) is 4.79 Å². The van der Waals surface area contributed by atoms with Crippen molar-refractivity contribution in [2.24, 2.45) is 0 Å². The first-order chi connectivity index (χ1) is 10.7. The minimum absolute atomic E-state index is 0.0260. The third-order valence-corrected chi connectivity index (χ3v) is 3.95. The van der Waals surface area contributed by atoms with Gasteiger partial charge in [-0.15, -0.1) is 0 Å². The van der Waals surface area contributed by atoms with Crippen LogP contribution in [0.2, 0.25) is 0 Å². The molecule has 5 heteroatoms. The van der Waals surface area contributed by atoms with Crippen molar-refractivity contribution < 1.29 is 4.79 Å². The fourth-order valence-corrected chi connectivity index (χ4v) is 2.72. The fourth-order valence-electron chi connectivity index (χ4n) is 2.72. The first-order valence-corrected chi connectivity index (χ1v) is 7.82. The van der Waals surface area contributed by atoms with Gasteiger partial charge in [0.1, 0.15) is 0 Å². The Morgan fingerprint density at radius 3 is 2.50 bits per heavy atom. The lowest BCUT2D eigenvalue weighted by molar-refractivity contribution is 0.0729. The van der Waals surface area contributed by atoms with E-state index >= 15 is 0 Å². The second-order valence-electron chi connectivity index (χ2n) is 5.90. The van der Waals surface area contributed by atoms with Crippen molar-refractivity contribution in [3.63, 3.8) is 0 Å². The maximum absolute atomic E-state index is 12.6. The van der Waals surface area contributed by atoms with E-state index in [4.69, 9.17) is 0 Å². The Bertz CT molecular complexity index is 642. The van der Waals surface area contributed by atoms with Crippen LogP contribution in [-0.2, 0) is 0 Å². The van der Waals surface area contributed by atoms with Gasteiger partial charge in [-0.2, -0.15) is 5.10 Å². The first kappa shape index (κ1) is 14.8. The van der Waals surface area contributed by atoms with E-state index in [1.165, 1.54) is 0 Å². The van der Waals surface area contributed by atoms with Crippen LogP contribution >= 0.6 is 0 Å². The molecule has 1 aromatic heterocycles. The zero-order valence-corrected chi connectivity index (χ0v) is 13.1. The van der Waals surface area contributed by atoms with E-state index in [2.05, 4.69) is 24.3 Å². The van der Waals surface area contributed by atoms with Crippen molar-refractivity contribution >= 4 is 5.91 Å². The number of para-hydroxylation sites is 1. The van der Waals surface area contributed by atoms with Crippen LogP contribution in [0, 0.1) is 0 Å². The van der Waals surface area contributed by atoms with Crippen molar-refractivity contribution in [2.45, 2.75) is 19.8 Å². The highest BCUT2D eigenvalue weighted by Crippen LogP contribution is 2.21. The van der Waals surface area contributed by atoms with Gasteiger partial charge in [-0.05, 0) is 24.1 Å². The quantitative estimate of drug-likeness (QED) is 0.943. The summed E-state index contributed by atoms with van der Waals surface area (Å²) in [6.07, 6.45) is 0. The maximum atomic E-state index is 12.6. The van der Waals surface area contributed by atoms with Crippen LogP contribution < -0.4 is 5.32 Å². The zero-order chi connectivity index (χ0) is 15.5. The van der Waals surface area contributed by atoms with Crippen LogP contribution in [0.1, 0.15) is 35.9 Å². The monoisotopic (exact) mass is 298 g/mol. The van der Waals surface area contributed by atoms with Gasteiger partial charge in [0.05, 0.1) is 5.69 Å². The molecule has 1 fully saturated rings. The molecule has 0 spiro atoms. The first-order valence-electron chi connectivity index (χ1n) is 7.82. The Labute approximate surface area is 130 Å². The Hall–Kier alpha value is -2.14. The molecule has 0 unspecified atom stereocenters. The Balaban J connectivity index is 1.94. The lowest BCUT2D eigenvalue weighted by Crippen LogP contribution is -2.46. The molecule has 1 amide bonds. The molecule has 116 valence electrons. The number of hydrogen-bond acceptors (Lipinski definition) is 3. The standard InChI is InChI=1S/C17H22N4O/c1-13(2)16-12-15(17(22)20-10-8-18-9-11-20)19-21(16)14-6-4-3-5-7-14/h3-7,12-13,18H,8-11H2,1-2H3. The van der Waals surface area contributed by atoms with Gasteiger partial charge in [-0.25, -0.2) is 4.68 Å². The van der Waals surface area contributed by atoms with Crippen LogP contribution in [-0.4, -0.2) is 46.8 Å². The molecule has 1 saturated heterocycles. The Morgan fingerprint density at radius 2 is 1.86 bits per heavy atom. The minimum atomic E-state index is 0.0260. The number of aromatic nitrogens is 2. The molecule has 22 heavy (non-hydrogen) atoms. The molecular weight excluding hydrogens is 276 g/mol. The molecule has 0 aliphatic carbocycles. The second kappa shape index (κ2) is 6.32. The number of nitrogens with one attached hydrogen (secondary N) is 1. The normalized spacial score (nSPS) is 15.3. The van der Waals surface area contributed by atoms with Crippen molar-refractivity contribution in [3.8, 4) is 5.69 Å². The highest BCUT2D eigenvalue weighted by molar-refractivity contribution is 5.92. The lowest BCUT2D eigenvalue weighted by atomic mass is 10.1. The summed E-state index contributed by atoms with van der Waals surface area (Å²) in [5.74, 6) is 0.329. The van der Waals surface area contributed by atoms with Crippen molar-refractivity contribution in [1.82, 2.24) is 20.0 Å². The molecule has 1 aliphatic heterocycles. The van der Waals surface area contributed by atoms with Crippen LogP contribution in [0.5, 0.6) is 0 Å². The number of amides is 1. The number of rotatable bonds is 3. The third kappa shape index (κ3) is 2.90. The fraction of sp³-hybridized carbons (Fsp3) is 0.412. The second-order valence-corrected chi connectivity index (χ2v) is 5.90. The molecule has 1 N–H and O–H groups in total. The molecule has 2 aromatic rings. The smallest absolute Gasteiger partial charge is 0.274 e. The van der Waals surface area contributed by atoms with Crippen LogP contribution in [0.4, 0.5) is 0 Å². The number of carbonyl (C=O) groups is 1. The highest BCUT2D eigenvalue weighted by Gasteiger charge is 2.23. The van der Waals surface area contributed by atoms with Gasteiger partial charge in [0.2, 0.25) is 0 Å². The van der Waals surface area contributed by atoms with E-state index < -0.39 is 0 Å². The van der Waals surface area contributed by atoms with E-state index in [9.17, 15) is 4.79 Å². The van der Waals surface area contributed by atoms with E-state index in [1.54, 1.807) is 0 Å². The molecule has 2 heterocycles. The lowest BCUT2D eigenvalue weighted by Gasteiger charge is -2.26. The topological polar surface area (TPSA) is 50.2 Å². The summed E-state index contributed by atoms with van der Waals surface area (Å²) < 4.78 is 1.89. The van der Waals surface area contributed by atoms with E-state index in [-0.39, 0.29) is 5.91 Å². The SMILES string of the molecule is CC(C)c1cc(C(=O)N2CCNCC2)nn1-c1ccccc1. The predicted molar refractivity (Wildman–Crippen MR) is 86.4 cm³/mol. The number of benzene rings is 1. The van der Waals surface area contributed by atoms with Gasteiger partial charge in [0, 0.05) is 31.9 Å². The Kier molecular flexibility index (Phi) is 4.24. The Morgan fingerprint density at radius 1 is 1.18 bits per heavy atom. The van der Waals surface area contributed by atoms with Gasteiger partial charge < -0.3 is 10.2 Å². The van der Waals surface area contributed by atoms with Crippen LogP contribution in [0.25, 0.3) is 5.69 Å². The molecule has 0 bridgehead atoms. The van der Waals surface area contributed by atoms with E-state index in [0.29, 0.717) is 11.6 Å². The zero-order valence-electron chi connectivity index (χ0n) is 13.1. The predicted octanol–water partition coefficient (Wildman–Crippen LogP) is 2.04. The van der Waals surface area contributed by atoms with Crippen LogP contribution in [0.15, 0.2) is 36.4 Å². The van der Waals surface area contributed by atoms with Gasteiger partial charge >= 0.3 is 0 Å².